The molecule has 0 N–H and O–H groups in total. The van der Waals surface area contributed by atoms with Gasteiger partial charge in [0.05, 0.1) is 24.3 Å². The molecule has 0 heterocycles. The molecule has 0 fully saturated rings. The molecule has 1 nitrogen and oxygen atoms in total. The van der Waals surface area contributed by atoms with Crippen molar-refractivity contribution in [3.05, 3.63) is 70.5 Å². The van der Waals surface area contributed by atoms with Gasteiger partial charge in [-0.1, -0.05) is 12.1 Å². The van der Waals surface area contributed by atoms with E-state index in [9.17, 15) is 30.7 Å². The van der Waals surface area contributed by atoms with Crippen LogP contribution in [0, 0.1) is 5.82 Å². The van der Waals surface area contributed by atoms with Crippen LogP contribution >= 0.6 is 0 Å². The zero-order valence-corrected chi connectivity index (χ0v) is 12.0. The first kappa shape index (κ1) is 18.3. The number of halogens is 7. The zero-order chi connectivity index (χ0) is 18.0. The smallest absolute Gasteiger partial charge is 0.372 e. The van der Waals surface area contributed by atoms with Crippen molar-refractivity contribution in [1.29, 1.82) is 0 Å². The fourth-order valence-electron chi connectivity index (χ4n) is 2.02. The summed E-state index contributed by atoms with van der Waals surface area (Å²) in [5.74, 6) is -0.519. The van der Waals surface area contributed by atoms with Crippen molar-refractivity contribution in [2.75, 3.05) is 0 Å². The molecule has 8 heteroatoms. The van der Waals surface area contributed by atoms with Crippen LogP contribution in [0.3, 0.4) is 0 Å². The quantitative estimate of drug-likeness (QED) is 0.653. The molecule has 0 saturated heterocycles. The van der Waals surface area contributed by atoms with Gasteiger partial charge in [0.15, 0.2) is 0 Å². The van der Waals surface area contributed by atoms with Crippen molar-refractivity contribution in [1.82, 2.24) is 0 Å². The third kappa shape index (κ3) is 4.95. The highest BCUT2D eigenvalue weighted by Crippen LogP contribution is 2.36. The maximum atomic E-state index is 13.0. The summed E-state index contributed by atoms with van der Waals surface area (Å²) < 4.78 is 94.4. The highest BCUT2D eigenvalue weighted by molar-refractivity contribution is 5.33. The lowest BCUT2D eigenvalue weighted by Gasteiger charge is -2.14. The second-order valence-corrected chi connectivity index (χ2v) is 5.04. The van der Waals surface area contributed by atoms with Gasteiger partial charge in [-0.3, -0.25) is 0 Å². The minimum absolute atomic E-state index is 0.0517. The molecule has 0 spiro atoms. The Bertz CT molecular complexity index is 672. The van der Waals surface area contributed by atoms with E-state index in [0.717, 1.165) is 6.07 Å². The van der Waals surface area contributed by atoms with Crippen molar-refractivity contribution < 1.29 is 35.5 Å². The van der Waals surface area contributed by atoms with E-state index >= 15 is 0 Å². The molecule has 0 bridgehead atoms. The monoisotopic (exact) mass is 352 g/mol. The molecule has 0 aliphatic rings. The van der Waals surface area contributed by atoms with Crippen LogP contribution in [0.4, 0.5) is 30.7 Å². The van der Waals surface area contributed by atoms with E-state index in [-0.39, 0.29) is 18.2 Å². The third-order valence-corrected chi connectivity index (χ3v) is 3.07. The van der Waals surface area contributed by atoms with Crippen LogP contribution in [0.25, 0.3) is 0 Å². The molecule has 0 amide bonds. The number of rotatable bonds is 4. The summed E-state index contributed by atoms with van der Waals surface area (Å²) >= 11 is 0. The number of benzene rings is 2. The fourth-order valence-corrected chi connectivity index (χ4v) is 2.02. The second kappa shape index (κ2) is 6.80. The van der Waals surface area contributed by atoms with Gasteiger partial charge in [0.2, 0.25) is 0 Å². The van der Waals surface area contributed by atoms with Gasteiger partial charge in [0.25, 0.3) is 0 Å². The molecule has 2 aromatic carbocycles. The zero-order valence-electron chi connectivity index (χ0n) is 12.0. The van der Waals surface area contributed by atoms with Crippen LogP contribution in [0.1, 0.15) is 22.3 Å². The molecular weight excluding hydrogens is 341 g/mol. The van der Waals surface area contributed by atoms with Crippen molar-refractivity contribution in [3.8, 4) is 0 Å². The molecule has 0 radical (unpaired) electrons. The SMILES string of the molecule is Fc1cccc(COCc2cc(C(F)(F)F)cc(C(F)(F)F)c2)c1. The number of ether oxygens (including phenoxy) is 1. The Labute approximate surface area is 132 Å². The maximum absolute atomic E-state index is 13.0. The van der Waals surface area contributed by atoms with Crippen LogP contribution in [0.5, 0.6) is 0 Å². The Kier molecular flexibility index (Phi) is 5.17. The molecule has 24 heavy (non-hydrogen) atoms. The first-order valence-electron chi connectivity index (χ1n) is 6.66. The standard InChI is InChI=1S/C16H11F7O/c17-14-3-1-2-10(6-14)8-24-9-11-4-12(15(18,19)20)7-13(5-11)16(21,22)23/h1-7H,8-9H2. The Hall–Kier alpha value is -2.09. The first-order chi connectivity index (χ1) is 11.1. The van der Waals surface area contributed by atoms with Crippen LogP contribution in [-0.4, -0.2) is 0 Å². The summed E-state index contributed by atoms with van der Waals surface area (Å²) in [6, 6.07) is 6.55. The van der Waals surface area contributed by atoms with Gasteiger partial charge in [0.1, 0.15) is 5.82 Å². The van der Waals surface area contributed by atoms with Gasteiger partial charge >= 0.3 is 12.4 Å². The van der Waals surface area contributed by atoms with E-state index < -0.39 is 35.9 Å². The molecule has 0 unspecified atom stereocenters. The van der Waals surface area contributed by atoms with E-state index in [1.165, 1.54) is 18.2 Å². The normalized spacial score (nSPS) is 12.5. The third-order valence-electron chi connectivity index (χ3n) is 3.07. The van der Waals surface area contributed by atoms with Gasteiger partial charge in [-0.05, 0) is 41.5 Å². The molecule has 0 atom stereocenters. The molecule has 0 aliphatic heterocycles. The Morgan fingerprint density at radius 3 is 1.75 bits per heavy atom. The summed E-state index contributed by atoms with van der Waals surface area (Å²) in [5.41, 5.74) is -2.66. The van der Waals surface area contributed by atoms with Gasteiger partial charge in [0, 0.05) is 0 Å². The van der Waals surface area contributed by atoms with Crippen LogP contribution < -0.4 is 0 Å². The molecule has 0 aromatic heterocycles. The molecule has 2 aromatic rings. The summed E-state index contributed by atoms with van der Waals surface area (Å²) in [6.07, 6.45) is -9.81. The highest BCUT2D eigenvalue weighted by Gasteiger charge is 2.36. The topological polar surface area (TPSA) is 9.23 Å². The molecule has 0 saturated carbocycles. The van der Waals surface area contributed by atoms with Crippen molar-refractivity contribution in [2.24, 2.45) is 0 Å². The van der Waals surface area contributed by atoms with Crippen LogP contribution in [-0.2, 0) is 30.3 Å². The van der Waals surface area contributed by atoms with Gasteiger partial charge < -0.3 is 4.74 Å². The molecule has 0 aliphatic carbocycles. The minimum atomic E-state index is -4.90. The van der Waals surface area contributed by atoms with E-state index in [0.29, 0.717) is 17.7 Å². The van der Waals surface area contributed by atoms with Gasteiger partial charge in [-0.2, -0.15) is 26.3 Å². The van der Waals surface area contributed by atoms with E-state index in [1.807, 2.05) is 0 Å². The van der Waals surface area contributed by atoms with Gasteiger partial charge in [-0.15, -0.1) is 0 Å². The largest absolute Gasteiger partial charge is 0.416 e. The molecular formula is C16H11F7O. The number of hydrogen-bond donors (Lipinski definition) is 0. The summed E-state index contributed by atoms with van der Waals surface area (Å²) in [7, 11) is 0. The summed E-state index contributed by atoms with van der Waals surface area (Å²) in [4.78, 5) is 0. The Morgan fingerprint density at radius 2 is 1.25 bits per heavy atom. The maximum Gasteiger partial charge on any atom is 0.416 e. The first-order valence-corrected chi connectivity index (χ1v) is 6.66. The van der Waals surface area contributed by atoms with Crippen molar-refractivity contribution in [3.63, 3.8) is 0 Å². The predicted octanol–water partition coefficient (Wildman–Crippen LogP) is 5.58. The average Bonchev–Trinajstić information content (AvgIpc) is 2.45. The average molecular weight is 352 g/mol. The fraction of sp³-hybridized carbons (Fsp3) is 0.250. The minimum Gasteiger partial charge on any atom is -0.372 e. The van der Waals surface area contributed by atoms with E-state index in [2.05, 4.69) is 0 Å². The van der Waals surface area contributed by atoms with Crippen molar-refractivity contribution >= 4 is 0 Å². The van der Waals surface area contributed by atoms with Crippen LogP contribution in [0.15, 0.2) is 42.5 Å². The lowest BCUT2D eigenvalue weighted by Crippen LogP contribution is -2.12. The Morgan fingerprint density at radius 1 is 0.708 bits per heavy atom. The predicted molar refractivity (Wildman–Crippen MR) is 71.3 cm³/mol. The molecule has 2 rings (SSSR count). The number of alkyl halides is 6. The van der Waals surface area contributed by atoms with Gasteiger partial charge in [-0.25, -0.2) is 4.39 Å². The lowest BCUT2D eigenvalue weighted by molar-refractivity contribution is -0.143. The number of hydrogen-bond acceptors (Lipinski definition) is 1. The van der Waals surface area contributed by atoms with E-state index in [4.69, 9.17) is 4.74 Å². The van der Waals surface area contributed by atoms with Crippen molar-refractivity contribution in [2.45, 2.75) is 25.6 Å². The van der Waals surface area contributed by atoms with Crippen LogP contribution in [0.2, 0.25) is 0 Å². The lowest BCUT2D eigenvalue weighted by atomic mass is 10.1. The summed E-state index contributed by atoms with van der Waals surface area (Å²) in [5, 5.41) is 0. The van der Waals surface area contributed by atoms with E-state index in [1.54, 1.807) is 0 Å². The highest BCUT2D eigenvalue weighted by atomic mass is 19.4. The Balaban J connectivity index is 2.17. The second-order valence-electron chi connectivity index (χ2n) is 5.04. The summed E-state index contributed by atoms with van der Waals surface area (Å²) in [6.45, 7) is -0.612. The molecule has 130 valence electrons.